The summed E-state index contributed by atoms with van der Waals surface area (Å²) in [5, 5.41) is 0. The van der Waals surface area contributed by atoms with E-state index in [1.54, 1.807) is 13.8 Å². The minimum atomic E-state index is -4.80. The summed E-state index contributed by atoms with van der Waals surface area (Å²) < 4.78 is 73.1. The quantitative estimate of drug-likeness (QED) is 0.821. The molecule has 9 heteroatoms. The molecule has 1 aliphatic rings. The van der Waals surface area contributed by atoms with Crippen LogP contribution < -0.4 is 4.74 Å². The zero-order valence-electron chi connectivity index (χ0n) is 13.6. The van der Waals surface area contributed by atoms with Gasteiger partial charge < -0.3 is 4.74 Å². The lowest BCUT2D eigenvalue weighted by Crippen LogP contribution is -2.51. The van der Waals surface area contributed by atoms with E-state index in [0.29, 0.717) is 5.75 Å². The van der Waals surface area contributed by atoms with E-state index in [4.69, 9.17) is 4.74 Å². The summed E-state index contributed by atoms with van der Waals surface area (Å²) in [7, 11) is -2.46. The molecule has 0 amide bonds. The van der Waals surface area contributed by atoms with Crippen LogP contribution in [0.25, 0.3) is 0 Å². The Morgan fingerprint density at radius 2 is 1.79 bits per heavy atom. The average molecular weight is 367 g/mol. The molecule has 0 N–H and O–H groups in total. The van der Waals surface area contributed by atoms with Crippen molar-refractivity contribution in [1.29, 1.82) is 0 Å². The Balaban J connectivity index is 2.26. The minimum Gasteiger partial charge on any atom is -0.497 e. The molecule has 5 nitrogen and oxygen atoms in total. The highest BCUT2D eigenvalue weighted by Gasteiger charge is 2.43. The van der Waals surface area contributed by atoms with Crippen LogP contribution in [0, 0.1) is 5.41 Å². The smallest absolute Gasteiger partial charge is 0.497 e. The van der Waals surface area contributed by atoms with E-state index < -0.39 is 27.9 Å². The highest BCUT2D eigenvalue weighted by atomic mass is 32.2. The number of ether oxygens (including phenoxy) is 2. The van der Waals surface area contributed by atoms with Crippen molar-refractivity contribution in [3.63, 3.8) is 0 Å². The first-order valence-electron chi connectivity index (χ1n) is 7.32. The van der Waals surface area contributed by atoms with Gasteiger partial charge in [0.2, 0.25) is 10.0 Å². The van der Waals surface area contributed by atoms with Crippen molar-refractivity contribution in [3.8, 4) is 5.75 Å². The molecular formula is C15H20F3NO4S. The largest absolute Gasteiger partial charge is 0.522 e. The summed E-state index contributed by atoms with van der Waals surface area (Å²) in [6.07, 6.45) is -5.91. The molecule has 0 aromatic heterocycles. The van der Waals surface area contributed by atoms with E-state index >= 15 is 0 Å². The third-order valence-corrected chi connectivity index (χ3v) is 5.62. The number of alkyl halides is 3. The molecule has 1 aliphatic heterocycles. The van der Waals surface area contributed by atoms with Crippen LogP contribution in [-0.2, 0) is 14.8 Å². The molecule has 0 spiro atoms. The number of nitrogens with zero attached hydrogens (tertiary/aromatic N) is 1. The Morgan fingerprint density at radius 3 is 2.29 bits per heavy atom. The first-order chi connectivity index (χ1) is 10.9. The van der Waals surface area contributed by atoms with Crippen molar-refractivity contribution >= 4 is 10.0 Å². The first-order valence-corrected chi connectivity index (χ1v) is 8.76. The van der Waals surface area contributed by atoms with Crippen LogP contribution in [0.3, 0.4) is 0 Å². The van der Waals surface area contributed by atoms with Gasteiger partial charge >= 0.3 is 6.36 Å². The Kier molecular flexibility index (Phi) is 5.17. The predicted octanol–water partition coefficient (Wildman–Crippen LogP) is 3.02. The number of methoxy groups -OCH3 is 1. The van der Waals surface area contributed by atoms with Crippen LogP contribution >= 0.6 is 0 Å². The van der Waals surface area contributed by atoms with Gasteiger partial charge in [-0.3, -0.25) is 4.74 Å². The highest BCUT2D eigenvalue weighted by molar-refractivity contribution is 7.89. The third-order valence-electron chi connectivity index (χ3n) is 3.79. The van der Waals surface area contributed by atoms with Crippen LogP contribution in [0.15, 0.2) is 29.2 Å². The molecule has 0 radical (unpaired) electrons. The van der Waals surface area contributed by atoms with E-state index in [1.807, 2.05) is 0 Å². The number of sulfonamides is 1. The van der Waals surface area contributed by atoms with E-state index in [1.165, 1.54) is 31.4 Å². The zero-order valence-corrected chi connectivity index (χ0v) is 14.4. The standard InChI is InChI=1S/C15H20F3NO4S/c1-14(2)8-12(23-15(16,17)18)9-19(10-14)24(20,21)13-6-4-11(22-3)5-7-13/h4-7,12H,8-10H2,1-3H3. The Labute approximate surface area is 139 Å². The minimum absolute atomic E-state index is 0.00626. The molecular weight excluding hydrogens is 347 g/mol. The molecule has 136 valence electrons. The summed E-state index contributed by atoms with van der Waals surface area (Å²) in [6.45, 7) is 3.22. The lowest BCUT2D eigenvalue weighted by atomic mass is 9.84. The predicted molar refractivity (Wildman–Crippen MR) is 81.1 cm³/mol. The van der Waals surface area contributed by atoms with Crippen molar-refractivity contribution < 1.29 is 31.1 Å². The normalized spacial score (nSPS) is 22.3. The molecule has 1 saturated heterocycles. The summed E-state index contributed by atoms with van der Waals surface area (Å²) in [5.41, 5.74) is -0.631. The zero-order chi connectivity index (χ0) is 18.2. The van der Waals surface area contributed by atoms with Gasteiger partial charge in [0.05, 0.1) is 18.1 Å². The van der Waals surface area contributed by atoms with Gasteiger partial charge in [0.1, 0.15) is 5.75 Å². The molecule has 2 rings (SSSR count). The topological polar surface area (TPSA) is 55.8 Å². The second-order valence-electron chi connectivity index (χ2n) is 6.53. The number of benzene rings is 1. The second kappa shape index (κ2) is 6.53. The number of halogens is 3. The molecule has 1 aromatic carbocycles. The first kappa shape index (κ1) is 19.0. The molecule has 1 unspecified atom stereocenters. The van der Waals surface area contributed by atoms with Crippen LogP contribution in [0.1, 0.15) is 20.3 Å². The van der Waals surface area contributed by atoms with Gasteiger partial charge in [-0.15, -0.1) is 13.2 Å². The summed E-state index contributed by atoms with van der Waals surface area (Å²) >= 11 is 0. The summed E-state index contributed by atoms with van der Waals surface area (Å²) in [5.74, 6) is 0.492. The lowest BCUT2D eigenvalue weighted by Gasteiger charge is -2.41. The number of rotatable bonds is 4. The maximum Gasteiger partial charge on any atom is 0.522 e. The fourth-order valence-electron chi connectivity index (χ4n) is 2.86. The third kappa shape index (κ3) is 4.61. The van der Waals surface area contributed by atoms with E-state index in [0.717, 1.165) is 4.31 Å². The van der Waals surface area contributed by atoms with Crippen molar-refractivity contribution in [3.05, 3.63) is 24.3 Å². The van der Waals surface area contributed by atoms with Crippen LogP contribution in [0.4, 0.5) is 13.2 Å². The monoisotopic (exact) mass is 367 g/mol. The maximum atomic E-state index is 12.7. The fourth-order valence-corrected chi connectivity index (χ4v) is 4.52. The molecule has 0 aliphatic carbocycles. The van der Waals surface area contributed by atoms with Gasteiger partial charge in [0.25, 0.3) is 0 Å². The fraction of sp³-hybridized carbons (Fsp3) is 0.600. The van der Waals surface area contributed by atoms with E-state index in [9.17, 15) is 21.6 Å². The molecule has 1 fully saturated rings. The van der Waals surface area contributed by atoms with Crippen molar-refractivity contribution in [2.45, 2.75) is 37.6 Å². The van der Waals surface area contributed by atoms with Gasteiger partial charge in [-0.2, -0.15) is 4.31 Å². The van der Waals surface area contributed by atoms with Gasteiger partial charge in [0, 0.05) is 13.1 Å². The lowest BCUT2D eigenvalue weighted by molar-refractivity contribution is -0.347. The molecule has 1 atom stereocenters. The van der Waals surface area contributed by atoms with Crippen molar-refractivity contribution in [1.82, 2.24) is 4.31 Å². The highest BCUT2D eigenvalue weighted by Crippen LogP contribution is 2.35. The maximum absolute atomic E-state index is 12.7. The average Bonchev–Trinajstić information content (AvgIpc) is 2.43. The van der Waals surface area contributed by atoms with Crippen molar-refractivity contribution in [2.75, 3.05) is 20.2 Å². The van der Waals surface area contributed by atoms with Crippen molar-refractivity contribution in [2.24, 2.45) is 5.41 Å². The molecule has 1 aromatic rings. The Morgan fingerprint density at radius 1 is 1.21 bits per heavy atom. The molecule has 24 heavy (non-hydrogen) atoms. The van der Waals surface area contributed by atoms with E-state index in [-0.39, 0.29) is 24.4 Å². The Hall–Kier alpha value is -1.32. The number of hydrogen-bond acceptors (Lipinski definition) is 4. The van der Waals surface area contributed by atoms with Gasteiger partial charge in [-0.25, -0.2) is 8.42 Å². The number of piperidine rings is 1. The van der Waals surface area contributed by atoms with Gasteiger partial charge in [-0.05, 0) is 36.1 Å². The SMILES string of the molecule is COc1ccc(S(=O)(=O)N2CC(OC(F)(F)F)CC(C)(C)C2)cc1. The van der Waals surface area contributed by atoms with Gasteiger partial charge in [-0.1, -0.05) is 13.8 Å². The summed E-state index contributed by atoms with van der Waals surface area (Å²) in [4.78, 5) is 0.00626. The molecule has 0 bridgehead atoms. The van der Waals surface area contributed by atoms with Crippen LogP contribution in [-0.4, -0.2) is 45.4 Å². The van der Waals surface area contributed by atoms with Crippen LogP contribution in [0.5, 0.6) is 5.75 Å². The molecule has 1 heterocycles. The molecule has 0 saturated carbocycles. The Bertz CT molecular complexity index is 669. The summed E-state index contributed by atoms with van der Waals surface area (Å²) in [6, 6.07) is 5.72. The second-order valence-corrected chi connectivity index (χ2v) is 8.46. The number of hydrogen-bond donors (Lipinski definition) is 0. The van der Waals surface area contributed by atoms with Crippen LogP contribution in [0.2, 0.25) is 0 Å². The van der Waals surface area contributed by atoms with Gasteiger partial charge in [0.15, 0.2) is 0 Å². The van der Waals surface area contributed by atoms with E-state index in [2.05, 4.69) is 4.74 Å².